The smallest absolute Gasteiger partial charge is 0.328 e. The molecule has 1 amide bonds. The third kappa shape index (κ3) is 4.25. The third-order valence-corrected chi connectivity index (χ3v) is 3.02. The van der Waals surface area contributed by atoms with Gasteiger partial charge < -0.3 is 15.5 Å². The average Bonchev–Trinajstić information content (AvgIpc) is 2.42. The number of carbonyl (C=O) groups is 2. The number of rotatable bonds is 6. The van der Waals surface area contributed by atoms with Crippen molar-refractivity contribution in [3.8, 4) is 0 Å². The first-order valence-electron chi connectivity index (χ1n) is 6.19. The number of benzene rings is 1. The van der Waals surface area contributed by atoms with Crippen LogP contribution in [0.1, 0.15) is 25.3 Å². The summed E-state index contributed by atoms with van der Waals surface area (Å²) >= 11 is 0. The largest absolute Gasteiger partial charge is 0.480 e. The van der Waals surface area contributed by atoms with Crippen molar-refractivity contribution in [1.29, 1.82) is 0 Å². The molecule has 8 heteroatoms. The van der Waals surface area contributed by atoms with Crippen LogP contribution in [0.15, 0.2) is 24.3 Å². The molecule has 1 aromatic carbocycles. The van der Waals surface area contributed by atoms with Crippen LogP contribution < -0.4 is 5.32 Å². The zero-order chi connectivity index (χ0) is 16.2. The van der Waals surface area contributed by atoms with E-state index in [4.69, 9.17) is 5.11 Å². The molecular weight excluding hydrogens is 280 g/mol. The summed E-state index contributed by atoms with van der Waals surface area (Å²) < 4.78 is 0. The maximum absolute atomic E-state index is 12.0. The molecule has 8 nitrogen and oxygen atoms in total. The van der Waals surface area contributed by atoms with E-state index in [0.29, 0.717) is 5.56 Å². The molecule has 0 saturated carbocycles. The van der Waals surface area contributed by atoms with Crippen molar-refractivity contribution in [1.82, 2.24) is 5.32 Å². The van der Waals surface area contributed by atoms with Gasteiger partial charge in [0.1, 0.15) is 0 Å². The van der Waals surface area contributed by atoms with Gasteiger partial charge in [-0.25, -0.2) is 4.79 Å². The molecule has 0 bridgehead atoms. The van der Waals surface area contributed by atoms with Gasteiger partial charge in [-0.2, -0.15) is 0 Å². The summed E-state index contributed by atoms with van der Waals surface area (Å²) in [5.74, 6) is -2.78. The Balaban J connectivity index is 2.90. The van der Waals surface area contributed by atoms with E-state index >= 15 is 0 Å². The topological polar surface area (TPSA) is 130 Å². The van der Waals surface area contributed by atoms with Crippen molar-refractivity contribution < 1.29 is 24.7 Å². The molecule has 3 N–H and O–H groups in total. The van der Waals surface area contributed by atoms with Crippen molar-refractivity contribution in [2.24, 2.45) is 0 Å². The van der Waals surface area contributed by atoms with Gasteiger partial charge >= 0.3 is 5.97 Å². The highest BCUT2D eigenvalue weighted by atomic mass is 16.6. The zero-order valence-corrected chi connectivity index (χ0v) is 11.5. The lowest BCUT2D eigenvalue weighted by Crippen LogP contribution is -2.48. The van der Waals surface area contributed by atoms with E-state index in [9.17, 15) is 24.8 Å². The van der Waals surface area contributed by atoms with E-state index in [1.165, 1.54) is 38.1 Å². The Hall–Kier alpha value is -2.48. The number of hydrogen-bond acceptors (Lipinski definition) is 5. The van der Waals surface area contributed by atoms with Gasteiger partial charge in [-0.15, -0.1) is 0 Å². The lowest BCUT2D eigenvalue weighted by atomic mass is 9.99. The number of carbonyl (C=O) groups excluding carboxylic acids is 1. The fraction of sp³-hybridized carbons (Fsp3) is 0.385. The predicted molar refractivity (Wildman–Crippen MR) is 72.8 cm³/mol. The second kappa shape index (κ2) is 6.80. The van der Waals surface area contributed by atoms with Crippen LogP contribution in [0.4, 0.5) is 5.69 Å². The van der Waals surface area contributed by atoms with Gasteiger partial charge in [-0.05, 0) is 19.4 Å². The Morgan fingerprint density at radius 2 is 1.95 bits per heavy atom. The molecule has 0 aliphatic carbocycles. The minimum absolute atomic E-state index is 0.155. The number of aliphatic hydroxyl groups excluding tert-OH is 1. The number of aliphatic carboxylic acids is 1. The van der Waals surface area contributed by atoms with Crippen LogP contribution in [-0.2, 0) is 9.59 Å². The standard InChI is InChI=1S/C13H16N2O6/c1-7(9-4-3-5-10(6-9)15(20)21)12(17)14-11(8(2)16)13(18)19/h3-8,11,16H,1-2H3,(H,14,17)(H,18,19)/t7?,8-,11+/m1/s1. The zero-order valence-electron chi connectivity index (χ0n) is 11.5. The average molecular weight is 296 g/mol. The minimum atomic E-state index is -1.43. The lowest BCUT2D eigenvalue weighted by Gasteiger charge is -2.19. The number of aliphatic hydroxyl groups is 1. The van der Waals surface area contributed by atoms with E-state index < -0.39 is 34.9 Å². The fourth-order valence-corrected chi connectivity index (χ4v) is 1.73. The number of carboxylic acids is 1. The number of nitro groups is 1. The van der Waals surface area contributed by atoms with Gasteiger partial charge in [0, 0.05) is 12.1 Å². The molecule has 114 valence electrons. The van der Waals surface area contributed by atoms with E-state index in [2.05, 4.69) is 5.32 Å². The minimum Gasteiger partial charge on any atom is -0.480 e. The Kier molecular flexibility index (Phi) is 5.37. The van der Waals surface area contributed by atoms with Crippen LogP contribution in [0.5, 0.6) is 0 Å². The summed E-state index contributed by atoms with van der Waals surface area (Å²) in [6.07, 6.45) is -1.26. The summed E-state index contributed by atoms with van der Waals surface area (Å²) in [5, 5.41) is 31.1. The molecular formula is C13H16N2O6. The Morgan fingerprint density at radius 1 is 1.33 bits per heavy atom. The van der Waals surface area contributed by atoms with E-state index in [0.717, 1.165) is 0 Å². The summed E-state index contributed by atoms with van der Waals surface area (Å²) in [4.78, 5) is 33.0. The van der Waals surface area contributed by atoms with Crippen LogP contribution in [-0.4, -0.2) is 39.2 Å². The molecule has 1 aromatic rings. The molecule has 0 radical (unpaired) electrons. The van der Waals surface area contributed by atoms with Crippen LogP contribution >= 0.6 is 0 Å². The molecule has 0 aliphatic heterocycles. The molecule has 1 unspecified atom stereocenters. The number of nitrogens with one attached hydrogen (secondary N) is 1. The highest BCUT2D eigenvalue weighted by Gasteiger charge is 2.27. The van der Waals surface area contributed by atoms with Gasteiger partial charge in [0.15, 0.2) is 6.04 Å². The number of non-ortho nitro benzene ring substituents is 1. The van der Waals surface area contributed by atoms with Gasteiger partial charge in [0.2, 0.25) is 5.91 Å². The van der Waals surface area contributed by atoms with E-state index in [1.807, 2.05) is 0 Å². The highest BCUT2D eigenvalue weighted by Crippen LogP contribution is 2.21. The van der Waals surface area contributed by atoms with Crippen molar-refractivity contribution >= 4 is 17.6 Å². The Morgan fingerprint density at radius 3 is 2.43 bits per heavy atom. The van der Waals surface area contributed by atoms with E-state index in [1.54, 1.807) is 0 Å². The molecule has 21 heavy (non-hydrogen) atoms. The molecule has 0 spiro atoms. The monoisotopic (exact) mass is 296 g/mol. The van der Waals surface area contributed by atoms with Crippen LogP contribution in [0.2, 0.25) is 0 Å². The summed E-state index contributed by atoms with van der Waals surface area (Å²) in [6.45, 7) is 2.74. The number of amides is 1. The second-order valence-electron chi connectivity index (χ2n) is 4.64. The molecule has 0 aromatic heterocycles. The maximum Gasteiger partial charge on any atom is 0.328 e. The molecule has 3 atom stereocenters. The first kappa shape index (κ1) is 16.6. The molecule has 0 heterocycles. The first-order chi connectivity index (χ1) is 9.73. The lowest BCUT2D eigenvalue weighted by molar-refractivity contribution is -0.384. The molecule has 1 rings (SSSR count). The maximum atomic E-state index is 12.0. The third-order valence-electron chi connectivity index (χ3n) is 3.02. The quantitative estimate of drug-likeness (QED) is 0.522. The van der Waals surface area contributed by atoms with Crippen molar-refractivity contribution in [3.63, 3.8) is 0 Å². The van der Waals surface area contributed by atoms with Gasteiger partial charge in [0.25, 0.3) is 5.69 Å². The molecule has 0 fully saturated rings. The SMILES string of the molecule is CC(C(=O)N[C@H](C(=O)O)[C@@H](C)O)c1cccc([N+](=O)[O-])c1. The van der Waals surface area contributed by atoms with Crippen molar-refractivity contribution in [3.05, 3.63) is 39.9 Å². The van der Waals surface area contributed by atoms with Crippen LogP contribution in [0, 0.1) is 10.1 Å². The predicted octanol–water partition coefficient (Wildman–Crippen LogP) is 0.648. The summed E-state index contributed by atoms with van der Waals surface area (Å²) in [7, 11) is 0. The van der Waals surface area contributed by atoms with Gasteiger partial charge in [0.05, 0.1) is 16.9 Å². The summed E-state index contributed by atoms with van der Waals surface area (Å²) in [5.41, 5.74) is 0.230. The molecule has 0 aliphatic rings. The normalized spacial score (nSPS) is 14.8. The van der Waals surface area contributed by atoms with E-state index in [-0.39, 0.29) is 5.69 Å². The number of carboxylic acid groups (broad SMARTS) is 1. The van der Waals surface area contributed by atoms with Crippen molar-refractivity contribution in [2.45, 2.75) is 31.9 Å². The van der Waals surface area contributed by atoms with Crippen LogP contribution in [0.3, 0.4) is 0 Å². The van der Waals surface area contributed by atoms with Gasteiger partial charge in [-0.1, -0.05) is 12.1 Å². The highest BCUT2D eigenvalue weighted by molar-refractivity contribution is 5.88. The van der Waals surface area contributed by atoms with Crippen molar-refractivity contribution in [2.75, 3.05) is 0 Å². The fourth-order valence-electron chi connectivity index (χ4n) is 1.73. The van der Waals surface area contributed by atoms with Crippen LogP contribution in [0.25, 0.3) is 0 Å². The Bertz CT molecular complexity index is 557. The van der Waals surface area contributed by atoms with Gasteiger partial charge in [-0.3, -0.25) is 14.9 Å². The summed E-state index contributed by atoms with van der Waals surface area (Å²) in [6, 6.07) is 4.10. The number of hydrogen-bond donors (Lipinski definition) is 3. The second-order valence-corrected chi connectivity index (χ2v) is 4.64. The Labute approximate surface area is 120 Å². The number of nitrogens with zero attached hydrogens (tertiary/aromatic N) is 1. The number of nitro benzene ring substituents is 1. The first-order valence-corrected chi connectivity index (χ1v) is 6.19. The molecule has 0 saturated heterocycles.